The second kappa shape index (κ2) is 5.68. The maximum Gasteiger partial charge on any atom is 0.483 e. The highest BCUT2D eigenvalue weighted by atomic mass is 19.3. The quantitative estimate of drug-likeness (QED) is 0.881. The van der Waals surface area contributed by atoms with Gasteiger partial charge in [-0.25, -0.2) is 5.10 Å². The van der Waals surface area contributed by atoms with Crippen molar-refractivity contribution >= 4 is 11.6 Å². The summed E-state index contributed by atoms with van der Waals surface area (Å²) < 4.78 is 32.5. The number of hydrogen-bond donors (Lipinski definition) is 2. The van der Waals surface area contributed by atoms with Gasteiger partial charge in [0.2, 0.25) is 0 Å². The molecule has 7 nitrogen and oxygen atoms in total. The first kappa shape index (κ1) is 16.1. The number of fused-ring (bicyclic) bond motifs is 1. The van der Waals surface area contributed by atoms with E-state index in [0.29, 0.717) is 0 Å². The third-order valence-electron chi connectivity index (χ3n) is 3.55. The van der Waals surface area contributed by atoms with Crippen LogP contribution in [0.25, 0.3) is 0 Å². The van der Waals surface area contributed by atoms with Gasteiger partial charge in [0.25, 0.3) is 5.56 Å². The van der Waals surface area contributed by atoms with Crippen molar-refractivity contribution in [1.29, 1.82) is 0 Å². The number of ether oxygens (including phenoxy) is 1. The van der Waals surface area contributed by atoms with Crippen LogP contribution in [0.1, 0.15) is 24.3 Å². The Morgan fingerprint density at radius 2 is 2.08 bits per heavy atom. The Balaban J connectivity index is 2.08. The van der Waals surface area contributed by atoms with E-state index in [4.69, 9.17) is 0 Å². The molecule has 0 aliphatic carbocycles. The van der Waals surface area contributed by atoms with Gasteiger partial charge in [-0.3, -0.25) is 14.5 Å². The lowest BCUT2D eigenvalue weighted by atomic mass is 10.1. The molecule has 0 saturated carbocycles. The largest absolute Gasteiger partial charge is 0.483 e. The zero-order valence-corrected chi connectivity index (χ0v) is 12.5. The molecule has 1 unspecified atom stereocenters. The summed E-state index contributed by atoms with van der Waals surface area (Å²) in [6.07, 6.45) is -5.13. The molecule has 126 valence electrons. The molecular weight excluding hydrogens is 324 g/mol. The lowest BCUT2D eigenvalue weighted by Gasteiger charge is -2.34. The summed E-state index contributed by atoms with van der Waals surface area (Å²) in [7, 11) is 0. The predicted octanol–water partition coefficient (Wildman–Crippen LogP) is 1.34. The number of carbonyl (C=O) groups excluding carboxylic acids is 1. The van der Waals surface area contributed by atoms with Crippen LogP contribution in [-0.4, -0.2) is 27.3 Å². The summed E-state index contributed by atoms with van der Waals surface area (Å²) in [5, 5.41) is 15.6. The number of alkyl halides is 2. The summed E-state index contributed by atoms with van der Waals surface area (Å²) in [4.78, 5) is 23.9. The molecule has 1 amide bonds. The summed E-state index contributed by atoms with van der Waals surface area (Å²) in [6.45, 7) is 1.12. The lowest BCUT2D eigenvalue weighted by molar-refractivity contribution is -0.193. The molecule has 0 radical (unpaired) electrons. The maximum absolute atomic E-state index is 14.0. The highest BCUT2D eigenvalue weighted by molar-refractivity contribution is 6.01. The average molecular weight is 337 g/mol. The number of H-pyrrole nitrogens is 1. The van der Waals surface area contributed by atoms with Crippen molar-refractivity contribution in [1.82, 2.24) is 10.2 Å². The minimum absolute atomic E-state index is 0.0947. The van der Waals surface area contributed by atoms with Crippen LogP contribution < -0.4 is 15.2 Å². The highest BCUT2D eigenvalue weighted by Crippen LogP contribution is 2.43. The number of benzene rings is 1. The zero-order valence-electron chi connectivity index (χ0n) is 12.5. The Hall–Kier alpha value is -2.81. The Morgan fingerprint density at radius 1 is 1.33 bits per heavy atom. The van der Waals surface area contributed by atoms with Crippen LogP contribution >= 0.6 is 0 Å². The molecule has 0 fully saturated rings. The number of para-hydroxylation sites is 1. The Labute approximate surface area is 134 Å². The third kappa shape index (κ3) is 2.73. The summed E-state index contributed by atoms with van der Waals surface area (Å²) in [6, 6.07) is 6.90. The van der Waals surface area contributed by atoms with E-state index < -0.39 is 23.7 Å². The van der Waals surface area contributed by atoms with E-state index in [1.165, 1.54) is 37.3 Å². The van der Waals surface area contributed by atoms with Crippen LogP contribution in [0.5, 0.6) is 5.75 Å². The molecule has 9 heteroatoms. The fourth-order valence-electron chi connectivity index (χ4n) is 2.41. The molecule has 1 atom stereocenters. The number of hydrogen-bond acceptors (Lipinski definition) is 5. The molecule has 2 heterocycles. The van der Waals surface area contributed by atoms with Crippen LogP contribution in [0.4, 0.5) is 14.5 Å². The molecule has 0 bridgehead atoms. The van der Waals surface area contributed by atoms with E-state index in [-0.39, 0.29) is 29.2 Å². The molecule has 1 aromatic carbocycles. The van der Waals surface area contributed by atoms with E-state index in [1.54, 1.807) is 0 Å². The van der Waals surface area contributed by atoms with Gasteiger partial charge in [-0.1, -0.05) is 12.1 Å². The van der Waals surface area contributed by atoms with E-state index in [1.807, 2.05) is 0 Å². The van der Waals surface area contributed by atoms with Crippen LogP contribution in [-0.2, 0) is 11.3 Å². The van der Waals surface area contributed by atoms with Crippen molar-refractivity contribution in [3.05, 3.63) is 51.9 Å². The van der Waals surface area contributed by atoms with Gasteiger partial charge in [0.1, 0.15) is 0 Å². The van der Waals surface area contributed by atoms with Crippen LogP contribution in [0.3, 0.4) is 0 Å². The molecule has 24 heavy (non-hydrogen) atoms. The van der Waals surface area contributed by atoms with E-state index in [2.05, 4.69) is 14.9 Å². The Bertz CT molecular complexity index is 830. The number of aliphatic hydroxyl groups is 1. The molecule has 0 saturated heterocycles. The molecule has 2 N–H and O–H groups in total. The molecule has 1 aromatic heterocycles. The van der Waals surface area contributed by atoms with Gasteiger partial charge in [0, 0.05) is 11.6 Å². The molecular formula is C15H13F2N3O4. The third-order valence-corrected chi connectivity index (χ3v) is 3.55. The van der Waals surface area contributed by atoms with Crippen molar-refractivity contribution in [2.75, 3.05) is 4.90 Å². The number of aromatic nitrogens is 2. The van der Waals surface area contributed by atoms with Crippen molar-refractivity contribution in [3.8, 4) is 5.75 Å². The van der Waals surface area contributed by atoms with E-state index in [9.17, 15) is 23.5 Å². The molecule has 1 aliphatic heterocycles. The van der Waals surface area contributed by atoms with Gasteiger partial charge >= 0.3 is 12.0 Å². The number of anilines is 1. The minimum atomic E-state index is -4.07. The first-order chi connectivity index (χ1) is 11.3. The van der Waals surface area contributed by atoms with Crippen molar-refractivity contribution in [3.63, 3.8) is 0 Å². The second-order valence-corrected chi connectivity index (χ2v) is 5.29. The average Bonchev–Trinajstić information content (AvgIpc) is 2.52. The maximum atomic E-state index is 14.0. The van der Waals surface area contributed by atoms with Crippen LogP contribution in [0, 0.1) is 0 Å². The number of aliphatic hydroxyl groups excluding tert-OH is 1. The topological polar surface area (TPSA) is 95.5 Å². The number of aromatic amines is 1. The van der Waals surface area contributed by atoms with Gasteiger partial charge < -0.3 is 9.84 Å². The van der Waals surface area contributed by atoms with Crippen molar-refractivity contribution in [2.45, 2.75) is 25.7 Å². The fourth-order valence-corrected chi connectivity index (χ4v) is 2.41. The number of halogens is 2. The van der Waals surface area contributed by atoms with Gasteiger partial charge in [-0.15, -0.1) is 0 Å². The lowest BCUT2D eigenvalue weighted by Crippen LogP contribution is -2.50. The smallest absolute Gasteiger partial charge is 0.423 e. The minimum Gasteiger partial charge on any atom is -0.423 e. The molecule has 1 aliphatic rings. The number of nitrogens with one attached hydrogen (secondary N) is 1. The van der Waals surface area contributed by atoms with Gasteiger partial charge in [-0.2, -0.15) is 13.9 Å². The number of rotatable bonds is 3. The summed E-state index contributed by atoms with van der Waals surface area (Å²) in [5.41, 5.74) is -0.000321. The van der Waals surface area contributed by atoms with Crippen molar-refractivity contribution < 1.29 is 23.4 Å². The van der Waals surface area contributed by atoms with Crippen LogP contribution in [0.2, 0.25) is 0 Å². The SMILES string of the molecule is CC(O)c1cccc2c1OC(F)(F)C(=O)N2Cc1ccc(=O)[nH]n1. The first-order valence-electron chi connectivity index (χ1n) is 7.04. The fraction of sp³-hybridized carbons (Fsp3) is 0.267. The zero-order chi connectivity index (χ0) is 17.5. The summed E-state index contributed by atoms with van der Waals surface area (Å²) >= 11 is 0. The molecule has 0 spiro atoms. The molecule has 3 rings (SSSR count). The van der Waals surface area contributed by atoms with Crippen molar-refractivity contribution in [2.24, 2.45) is 0 Å². The second-order valence-electron chi connectivity index (χ2n) is 5.29. The monoisotopic (exact) mass is 337 g/mol. The van der Waals surface area contributed by atoms with E-state index in [0.717, 1.165) is 4.90 Å². The first-order valence-corrected chi connectivity index (χ1v) is 7.04. The predicted molar refractivity (Wildman–Crippen MR) is 78.7 cm³/mol. The normalized spacial score (nSPS) is 17.2. The number of nitrogens with zero attached hydrogens (tertiary/aromatic N) is 2. The number of carbonyl (C=O) groups is 1. The van der Waals surface area contributed by atoms with E-state index >= 15 is 0 Å². The number of amides is 1. The Kier molecular flexibility index (Phi) is 3.80. The van der Waals surface area contributed by atoms with Gasteiger partial charge in [0.05, 0.1) is 24.0 Å². The standard InChI is InChI=1S/C15H13F2N3O4/c1-8(21)10-3-2-4-11-13(10)24-15(16,17)14(23)20(11)7-9-5-6-12(22)19-18-9/h2-6,8,21H,7H2,1H3,(H,19,22). The van der Waals surface area contributed by atoms with Crippen LogP contribution in [0.15, 0.2) is 35.1 Å². The van der Waals surface area contributed by atoms with Gasteiger partial charge in [-0.05, 0) is 19.1 Å². The highest BCUT2D eigenvalue weighted by Gasteiger charge is 2.51. The summed E-state index contributed by atoms with van der Waals surface area (Å²) in [5.74, 6) is -1.81. The van der Waals surface area contributed by atoms with Gasteiger partial charge in [0.15, 0.2) is 5.75 Å². The Morgan fingerprint density at radius 3 is 2.71 bits per heavy atom. The molecule has 2 aromatic rings.